The van der Waals surface area contributed by atoms with E-state index in [2.05, 4.69) is 5.32 Å². The van der Waals surface area contributed by atoms with Gasteiger partial charge in [-0.3, -0.25) is 4.79 Å². The van der Waals surface area contributed by atoms with Gasteiger partial charge in [0.05, 0.1) is 0 Å². The van der Waals surface area contributed by atoms with Crippen molar-refractivity contribution < 1.29 is 14.8 Å². The summed E-state index contributed by atoms with van der Waals surface area (Å²) in [6.07, 6.45) is 1.62. The average molecular weight is 332 g/mol. The Hall–Kier alpha value is -1.82. The fourth-order valence-corrected chi connectivity index (χ4v) is 2.69. The lowest BCUT2D eigenvalue weighted by Crippen LogP contribution is -2.32. The zero-order valence-corrected chi connectivity index (χ0v) is 13.9. The van der Waals surface area contributed by atoms with Gasteiger partial charge in [0.2, 0.25) is 0 Å². The molecule has 4 nitrogen and oxygen atoms in total. The number of halogens is 1. The van der Waals surface area contributed by atoms with Gasteiger partial charge in [0, 0.05) is 21.7 Å². The van der Waals surface area contributed by atoms with Gasteiger partial charge < -0.3 is 15.4 Å². The molecule has 0 radical (unpaired) electrons. The number of carbonyl (C=O) groups excluding carboxylic acids is 1. The van der Waals surface area contributed by atoms with Gasteiger partial charge in [-0.25, -0.2) is 0 Å². The minimum absolute atomic E-state index is 0.110. The number of benzene rings is 2. The van der Waals surface area contributed by atoms with Crippen molar-refractivity contribution in [2.75, 3.05) is 5.32 Å². The van der Waals surface area contributed by atoms with Crippen LogP contribution in [0.25, 0.3) is 0 Å². The zero-order chi connectivity index (χ0) is 17.0. The van der Waals surface area contributed by atoms with Crippen molar-refractivity contribution in [1.82, 2.24) is 0 Å². The molecule has 1 amide bonds. The fourth-order valence-electron chi connectivity index (χ4n) is 2.47. The summed E-state index contributed by atoms with van der Waals surface area (Å²) in [6.45, 7) is 4.07. The number of carbonyl (C=O) groups is 1. The van der Waals surface area contributed by atoms with E-state index >= 15 is 0 Å². The Kier molecular flexibility index (Phi) is 5.83. The van der Waals surface area contributed by atoms with E-state index in [1.54, 1.807) is 6.07 Å². The third kappa shape index (κ3) is 3.94. The van der Waals surface area contributed by atoms with Crippen LogP contribution in [0.5, 0.6) is 0 Å². The van der Waals surface area contributed by atoms with Crippen LogP contribution >= 0.6 is 11.6 Å². The first kappa shape index (κ1) is 17.5. The second kappa shape index (κ2) is 7.64. The first-order valence-corrected chi connectivity index (χ1v) is 7.93. The Labute approximate surface area is 141 Å². The van der Waals surface area contributed by atoms with Gasteiger partial charge in [-0.15, -0.1) is 0 Å². The molecular formula is C17H19BClNO3. The third-order valence-corrected chi connectivity index (χ3v) is 4.12. The van der Waals surface area contributed by atoms with Crippen LogP contribution in [0.2, 0.25) is 5.02 Å². The summed E-state index contributed by atoms with van der Waals surface area (Å²) in [5, 5.41) is 21.8. The van der Waals surface area contributed by atoms with Crippen LogP contribution < -0.4 is 10.8 Å². The molecule has 2 rings (SSSR count). The first-order chi connectivity index (χ1) is 11.0. The maximum Gasteiger partial charge on any atom is 0.489 e. The molecule has 0 saturated carbocycles. The Bertz CT molecular complexity index is 697. The predicted molar refractivity (Wildman–Crippen MR) is 94.4 cm³/mol. The highest BCUT2D eigenvalue weighted by Crippen LogP contribution is 2.23. The van der Waals surface area contributed by atoms with Crippen molar-refractivity contribution in [2.24, 2.45) is 0 Å². The number of rotatable bonds is 5. The van der Waals surface area contributed by atoms with Crippen LogP contribution in [0, 0.1) is 0 Å². The maximum atomic E-state index is 12.5. The largest absolute Gasteiger partial charge is 0.489 e. The van der Waals surface area contributed by atoms with Crippen LogP contribution in [0.15, 0.2) is 36.4 Å². The molecule has 23 heavy (non-hydrogen) atoms. The third-order valence-electron chi connectivity index (χ3n) is 3.77. The van der Waals surface area contributed by atoms with E-state index in [1.165, 1.54) is 12.1 Å². The summed E-state index contributed by atoms with van der Waals surface area (Å²) in [5.41, 5.74) is 3.39. The van der Waals surface area contributed by atoms with Gasteiger partial charge in [-0.1, -0.05) is 43.6 Å². The van der Waals surface area contributed by atoms with Gasteiger partial charge in [0.1, 0.15) is 0 Å². The summed E-state index contributed by atoms with van der Waals surface area (Å²) in [5.74, 6) is -0.306. The molecule has 2 aromatic carbocycles. The lowest BCUT2D eigenvalue weighted by Gasteiger charge is -2.15. The molecule has 0 spiro atoms. The quantitative estimate of drug-likeness (QED) is 0.737. The molecule has 0 aliphatic rings. The van der Waals surface area contributed by atoms with Gasteiger partial charge in [-0.2, -0.15) is 0 Å². The van der Waals surface area contributed by atoms with E-state index in [0.29, 0.717) is 5.56 Å². The molecule has 120 valence electrons. The number of anilines is 1. The minimum Gasteiger partial charge on any atom is -0.423 e. The molecule has 0 aliphatic heterocycles. The van der Waals surface area contributed by atoms with Gasteiger partial charge in [0.25, 0.3) is 5.91 Å². The monoisotopic (exact) mass is 331 g/mol. The molecule has 0 saturated heterocycles. The van der Waals surface area contributed by atoms with E-state index < -0.39 is 7.12 Å². The second-order valence-corrected chi connectivity index (χ2v) is 5.63. The Balaban J connectivity index is 2.35. The fraction of sp³-hybridized carbons (Fsp3) is 0.235. The zero-order valence-electron chi connectivity index (χ0n) is 13.1. The van der Waals surface area contributed by atoms with Gasteiger partial charge in [0.15, 0.2) is 0 Å². The standard InChI is InChI=1S/C17H19BClNO3/c1-3-11-6-5-7-12(4-2)16(11)20-17(21)13-8-9-15(19)14(10-13)18(22)23/h5-10,22-23H,3-4H2,1-2H3,(H,20,21). The van der Waals surface area contributed by atoms with Gasteiger partial charge >= 0.3 is 7.12 Å². The normalized spacial score (nSPS) is 10.5. The molecule has 3 N–H and O–H groups in total. The van der Waals surface area contributed by atoms with Crippen LogP contribution in [0.3, 0.4) is 0 Å². The SMILES string of the molecule is CCc1cccc(CC)c1NC(=O)c1ccc(Cl)c(B(O)O)c1. The number of aryl methyl sites for hydroxylation is 2. The molecule has 2 aromatic rings. The summed E-state index contributed by atoms with van der Waals surface area (Å²) in [7, 11) is -1.72. The number of hydrogen-bond donors (Lipinski definition) is 3. The summed E-state index contributed by atoms with van der Waals surface area (Å²) >= 11 is 5.90. The van der Waals surface area contributed by atoms with E-state index in [4.69, 9.17) is 11.6 Å². The summed E-state index contributed by atoms with van der Waals surface area (Å²) in [6, 6.07) is 10.4. The summed E-state index contributed by atoms with van der Waals surface area (Å²) < 4.78 is 0. The van der Waals surface area contributed by atoms with Crippen LogP contribution in [-0.4, -0.2) is 23.1 Å². The number of amides is 1. The molecule has 0 unspecified atom stereocenters. The highest BCUT2D eigenvalue weighted by Gasteiger charge is 2.18. The Morgan fingerprint density at radius 2 is 1.74 bits per heavy atom. The molecule has 0 bridgehead atoms. The maximum absolute atomic E-state index is 12.5. The van der Waals surface area contributed by atoms with Crippen molar-refractivity contribution in [3.05, 3.63) is 58.1 Å². The Morgan fingerprint density at radius 3 is 2.26 bits per heavy atom. The highest BCUT2D eigenvalue weighted by atomic mass is 35.5. The van der Waals surface area contributed by atoms with E-state index in [1.807, 2.05) is 32.0 Å². The van der Waals surface area contributed by atoms with Crippen LogP contribution in [-0.2, 0) is 12.8 Å². The average Bonchev–Trinajstić information content (AvgIpc) is 2.55. The summed E-state index contributed by atoms with van der Waals surface area (Å²) in [4.78, 5) is 12.5. The molecule has 0 fully saturated rings. The van der Waals surface area contributed by atoms with E-state index in [9.17, 15) is 14.8 Å². The smallest absolute Gasteiger partial charge is 0.423 e. The van der Waals surface area contributed by atoms with Crippen molar-refractivity contribution in [1.29, 1.82) is 0 Å². The number of para-hydroxylation sites is 1. The number of nitrogens with one attached hydrogen (secondary N) is 1. The highest BCUT2D eigenvalue weighted by molar-refractivity contribution is 6.62. The van der Waals surface area contributed by atoms with Gasteiger partial charge in [-0.05, 0) is 42.2 Å². The molecule has 0 atom stereocenters. The lowest BCUT2D eigenvalue weighted by molar-refractivity contribution is 0.102. The molecule has 0 aliphatic carbocycles. The molecular weight excluding hydrogens is 312 g/mol. The topological polar surface area (TPSA) is 69.6 Å². The van der Waals surface area contributed by atoms with Crippen molar-refractivity contribution >= 4 is 35.8 Å². The van der Waals surface area contributed by atoms with Crippen molar-refractivity contribution in [2.45, 2.75) is 26.7 Å². The lowest BCUT2D eigenvalue weighted by atomic mass is 9.79. The van der Waals surface area contributed by atoms with Crippen molar-refractivity contribution in [3.8, 4) is 0 Å². The van der Waals surface area contributed by atoms with E-state index in [0.717, 1.165) is 29.7 Å². The van der Waals surface area contributed by atoms with Crippen molar-refractivity contribution in [3.63, 3.8) is 0 Å². The molecule has 0 aromatic heterocycles. The Morgan fingerprint density at radius 1 is 1.13 bits per heavy atom. The van der Waals surface area contributed by atoms with E-state index in [-0.39, 0.29) is 16.4 Å². The molecule has 0 heterocycles. The second-order valence-electron chi connectivity index (χ2n) is 5.22. The minimum atomic E-state index is -1.72. The molecule has 6 heteroatoms. The van der Waals surface area contributed by atoms with Crippen LogP contribution in [0.1, 0.15) is 35.3 Å². The number of hydrogen-bond acceptors (Lipinski definition) is 3. The predicted octanol–water partition coefficient (Wildman–Crippen LogP) is 2.40. The van der Waals surface area contributed by atoms with Crippen LogP contribution in [0.4, 0.5) is 5.69 Å². The first-order valence-electron chi connectivity index (χ1n) is 7.55.